The molecule has 1 N–H and O–H groups in total. The molecule has 0 aliphatic carbocycles. The number of pyridine rings is 1. The van der Waals surface area contributed by atoms with Crippen molar-refractivity contribution >= 4 is 22.8 Å². The van der Waals surface area contributed by atoms with E-state index in [2.05, 4.69) is 55.8 Å². The van der Waals surface area contributed by atoms with Crippen molar-refractivity contribution in [3.05, 3.63) is 59.7 Å². The second kappa shape index (κ2) is 13.0. The predicted molar refractivity (Wildman–Crippen MR) is 165 cm³/mol. The molecule has 1 saturated heterocycles. The minimum atomic E-state index is -0.644. The Morgan fingerprint density at radius 3 is 2.56 bits per heavy atom. The van der Waals surface area contributed by atoms with Crippen molar-refractivity contribution in [1.29, 1.82) is 0 Å². The van der Waals surface area contributed by atoms with Crippen LogP contribution in [0.3, 0.4) is 0 Å². The largest absolute Gasteiger partial charge is 0.373 e. The number of rotatable bonds is 11. The van der Waals surface area contributed by atoms with Crippen LogP contribution >= 0.6 is 0 Å². The number of ether oxygens (including phenoxy) is 1. The summed E-state index contributed by atoms with van der Waals surface area (Å²) in [5, 5.41) is 3.06. The Morgan fingerprint density at radius 2 is 1.86 bits per heavy atom. The van der Waals surface area contributed by atoms with Crippen LogP contribution in [0.2, 0.25) is 0 Å². The van der Waals surface area contributed by atoms with Crippen LogP contribution in [0.5, 0.6) is 0 Å². The normalized spacial score (nSPS) is 17.8. The van der Waals surface area contributed by atoms with E-state index in [1.165, 1.54) is 6.07 Å². The zero-order valence-electron chi connectivity index (χ0n) is 26.0. The molecule has 0 bridgehead atoms. The van der Waals surface area contributed by atoms with Gasteiger partial charge >= 0.3 is 0 Å². The molecule has 0 spiro atoms. The van der Waals surface area contributed by atoms with Crippen LogP contribution in [-0.4, -0.2) is 79.2 Å². The molecule has 1 aromatic carbocycles. The number of nitrogens with zero attached hydrogens (tertiary/aromatic N) is 7. The third-order valence-electron chi connectivity index (χ3n) is 8.20. The number of halogens is 2. The van der Waals surface area contributed by atoms with E-state index in [9.17, 15) is 4.39 Å². The summed E-state index contributed by atoms with van der Waals surface area (Å²) in [7, 11) is 0. The number of benzene rings is 1. The van der Waals surface area contributed by atoms with Gasteiger partial charge in [-0.25, -0.2) is 28.7 Å². The van der Waals surface area contributed by atoms with Crippen molar-refractivity contribution in [2.75, 3.05) is 44.6 Å². The van der Waals surface area contributed by atoms with Gasteiger partial charge in [0.1, 0.15) is 22.9 Å². The van der Waals surface area contributed by atoms with Gasteiger partial charge in [0.2, 0.25) is 5.95 Å². The number of aryl methyl sites for hydroxylation is 1. The fourth-order valence-electron chi connectivity index (χ4n) is 5.89. The standard InChI is InChI=1S/C32H42F2N8O/c1-7-40(8-2)12-11-32(6)20-41(13-14-43-32)19-23-9-10-28(35-17-23)38-31-36-18-26(34)29(39-31)24-15-25(33)30-27(16-24)42(21(3)4)22(5)37-30/h9-10,15-18,21H,7-8,11-14,19-20H2,1-6H3,(H,35,36,38,39). The van der Waals surface area contributed by atoms with Crippen molar-refractivity contribution in [3.8, 4) is 11.3 Å². The highest BCUT2D eigenvalue weighted by molar-refractivity contribution is 5.83. The lowest BCUT2D eigenvalue weighted by Gasteiger charge is -2.41. The van der Waals surface area contributed by atoms with E-state index in [0.717, 1.165) is 57.4 Å². The minimum absolute atomic E-state index is 0.000407. The van der Waals surface area contributed by atoms with E-state index in [4.69, 9.17) is 4.74 Å². The van der Waals surface area contributed by atoms with Gasteiger partial charge in [0.15, 0.2) is 11.6 Å². The second-order valence-corrected chi connectivity index (χ2v) is 11.8. The monoisotopic (exact) mass is 592 g/mol. The Bertz CT molecular complexity index is 1550. The third-order valence-corrected chi connectivity index (χ3v) is 8.20. The zero-order chi connectivity index (χ0) is 30.7. The molecule has 3 aromatic heterocycles. The SMILES string of the molecule is CCN(CC)CCC1(C)CN(Cc2ccc(Nc3ncc(F)c(-c4cc(F)c5nc(C)n(C(C)C)c5c4)n3)nc2)CCO1. The quantitative estimate of drug-likeness (QED) is 0.223. The molecular formula is C32H42F2N8O. The molecule has 0 saturated carbocycles. The van der Waals surface area contributed by atoms with E-state index < -0.39 is 11.6 Å². The molecule has 230 valence electrons. The van der Waals surface area contributed by atoms with E-state index in [1.54, 1.807) is 6.07 Å². The first-order valence-electron chi connectivity index (χ1n) is 15.1. The zero-order valence-corrected chi connectivity index (χ0v) is 26.0. The number of hydrogen-bond donors (Lipinski definition) is 1. The summed E-state index contributed by atoms with van der Waals surface area (Å²) in [4.78, 5) is 22.2. The Morgan fingerprint density at radius 1 is 1.07 bits per heavy atom. The van der Waals surface area contributed by atoms with Crippen molar-refractivity contribution in [2.45, 2.75) is 66.2 Å². The molecule has 4 heterocycles. The third kappa shape index (κ3) is 7.00. The maximum absolute atomic E-state index is 15.0. The molecule has 4 aromatic rings. The Kier molecular flexibility index (Phi) is 9.33. The maximum Gasteiger partial charge on any atom is 0.229 e. The lowest BCUT2D eigenvalue weighted by atomic mass is 9.99. The van der Waals surface area contributed by atoms with Gasteiger partial charge in [-0.05, 0) is 71.0 Å². The summed E-state index contributed by atoms with van der Waals surface area (Å²) in [6, 6.07) is 6.92. The lowest BCUT2D eigenvalue weighted by molar-refractivity contribution is -0.107. The van der Waals surface area contributed by atoms with Gasteiger partial charge in [0.25, 0.3) is 0 Å². The molecule has 1 aliphatic heterocycles. The number of morpholine rings is 1. The van der Waals surface area contributed by atoms with Crippen LogP contribution in [-0.2, 0) is 11.3 Å². The molecule has 0 amide bonds. The molecule has 5 rings (SSSR count). The van der Waals surface area contributed by atoms with Crippen LogP contribution in [0, 0.1) is 18.6 Å². The smallest absolute Gasteiger partial charge is 0.229 e. The number of anilines is 2. The topological polar surface area (TPSA) is 84.2 Å². The van der Waals surface area contributed by atoms with Crippen LogP contribution in [0.4, 0.5) is 20.5 Å². The molecule has 43 heavy (non-hydrogen) atoms. The van der Waals surface area contributed by atoms with Gasteiger partial charge in [0, 0.05) is 44.0 Å². The van der Waals surface area contributed by atoms with Crippen molar-refractivity contribution in [2.24, 2.45) is 0 Å². The summed E-state index contributed by atoms with van der Waals surface area (Å²) in [6.45, 7) is 18.8. The molecular weight excluding hydrogens is 550 g/mol. The van der Waals surface area contributed by atoms with Gasteiger partial charge in [0.05, 0.1) is 23.9 Å². The van der Waals surface area contributed by atoms with E-state index in [-0.39, 0.29) is 28.8 Å². The summed E-state index contributed by atoms with van der Waals surface area (Å²) in [5.74, 6) is 0.225. The van der Waals surface area contributed by atoms with Crippen molar-refractivity contribution in [3.63, 3.8) is 0 Å². The first kappa shape index (κ1) is 30.9. The highest BCUT2D eigenvalue weighted by Crippen LogP contribution is 2.30. The number of aromatic nitrogens is 5. The highest BCUT2D eigenvalue weighted by Gasteiger charge is 2.32. The summed E-state index contributed by atoms with van der Waals surface area (Å²) in [5.41, 5.74) is 2.08. The maximum atomic E-state index is 15.0. The average Bonchev–Trinajstić information content (AvgIpc) is 3.32. The van der Waals surface area contributed by atoms with Crippen LogP contribution in [0.25, 0.3) is 22.3 Å². The molecule has 11 heteroatoms. The lowest BCUT2D eigenvalue weighted by Crippen LogP contribution is -2.51. The first-order valence-corrected chi connectivity index (χ1v) is 15.1. The first-order chi connectivity index (χ1) is 20.6. The number of nitrogens with one attached hydrogen (secondary N) is 1. The van der Waals surface area contributed by atoms with Crippen molar-refractivity contribution in [1.82, 2.24) is 34.3 Å². The highest BCUT2D eigenvalue weighted by atomic mass is 19.1. The fourth-order valence-corrected chi connectivity index (χ4v) is 5.89. The van der Waals surface area contributed by atoms with Gasteiger partial charge in [-0.3, -0.25) is 4.90 Å². The van der Waals surface area contributed by atoms with E-state index in [1.807, 2.05) is 43.7 Å². The molecule has 9 nitrogen and oxygen atoms in total. The van der Waals surface area contributed by atoms with E-state index >= 15 is 4.39 Å². The Balaban J connectivity index is 1.27. The molecule has 0 radical (unpaired) electrons. The van der Waals surface area contributed by atoms with Crippen molar-refractivity contribution < 1.29 is 13.5 Å². The number of hydrogen-bond acceptors (Lipinski definition) is 8. The number of fused-ring (bicyclic) bond motifs is 1. The molecule has 1 atom stereocenters. The van der Waals surface area contributed by atoms with Crippen LogP contribution in [0.1, 0.15) is 58.5 Å². The van der Waals surface area contributed by atoms with Crippen LogP contribution in [0.15, 0.2) is 36.7 Å². The summed E-state index contributed by atoms with van der Waals surface area (Å²) >= 11 is 0. The van der Waals surface area contributed by atoms with Crippen LogP contribution < -0.4 is 5.32 Å². The van der Waals surface area contributed by atoms with Gasteiger partial charge < -0.3 is 19.5 Å². The Labute approximate surface area is 252 Å². The predicted octanol–water partition coefficient (Wildman–Crippen LogP) is 6.12. The molecule has 1 unspecified atom stereocenters. The van der Waals surface area contributed by atoms with Gasteiger partial charge in [-0.15, -0.1) is 0 Å². The second-order valence-electron chi connectivity index (χ2n) is 11.8. The fraction of sp³-hybridized carbons (Fsp3) is 0.500. The average molecular weight is 593 g/mol. The molecule has 1 fully saturated rings. The van der Waals surface area contributed by atoms with Gasteiger partial charge in [-0.2, -0.15) is 0 Å². The Hall–Kier alpha value is -3.54. The summed E-state index contributed by atoms with van der Waals surface area (Å²) in [6.07, 6.45) is 3.91. The summed E-state index contributed by atoms with van der Waals surface area (Å²) < 4.78 is 38.1. The number of imidazole rings is 1. The van der Waals surface area contributed by atoms with E-state index in [0.29, 0.717) is 29.3 Å². The minimum Gasteiger partial charge on any atom is -0.373 e. The molecule has 1 aliphatic rings. The van der Waals surface area contributed by atoms with Gasteiger partial charge in [-0.1, -0.05) is 19.9 Å².